The molecule has 2 N–H and O–H groups in total. The molecule has 0 aliphatic carbocycles. The fourth-order valence-electron chi connectivity index (χ4n) is 3.09. The Labute approximate surface area is 160 Å². The number of nitrogens with one attached hydrogen (secondary N) is 2. The maximum atomic E-state index is 12.8. The second-order valence-corrected chi connectivity index (χ2v) is 8.26. The summed E-state index contributed by atoms with van der Waals surface area (Å²) in [6.45, 7) is 4.20. The van der Waals surface area contributed by atoms with Crippen molar-refractivity contribution in [3.05, 3.63) is 42.5 Å². The maximum Gasteiger partial charge on any atom is 0.265 e. The summed E-state index contributed by atoms with van der Waals surface area (Å²) in [7, 11) is 1.32. The Kier molecular flexibility index (Phi) is 5.76. The first-order valence-corrected chi connectivity index (χ1v) is 10.3. The van der Waals surface area contributed by atoms with Crippen LogP contribution < -0.4 is 24.0 Å². The molecule has 146 valence electrons. The zero-order valence-corrected chi connectivity index (χ0v) is 16.7. The van der Waals surface area contributed by atoms with Crippen LogP contribution in [0.5, 0.6) is 11.5 Å². The number of rotatable bonds is 6. The van der Waals surface area contributed by atoms with Gasteiger partial charge in [0.05, 0.1) is 47.4 Å². The molecule has 0 spiro atoms. The second-order valence-electron chi connectivity index (χ2n) is 6.61. The molecule has 0 amide bonds. The van der Waals surface area contributed by atoms with E-state index in [1.165, 1.54) is 25.2 Å². The van der Waals surface area contributed by atoms with Crippen LogP contribution in [-0.4, -0.2) is 55.9 Å². The third kappa shape index (κ3) is 4.45. The number of hydrogen-bond acceptors (Lipinski definition) is 5. The van der Waals surface area contributed by atoms with Gasteiger partial charge in [0.2, 0.25) is 0 Å². The van der Waals surface area contributed by atoms with Crippen LogP contribution in [0.15, 0.2) is 47.4 Å². The lowest BCUT2D eigenvalue weighted by molar-refractivity contribution is -0.880. The first-order chi connectivity index (χ1) is 12.9. The minimum Gasteiger partial charge on any atom is -0.497 e. The van der Waals surface area contributed by atoms with Gasteiger partial charge in [0.1, 0.15) is 16.4 Å². The number of nitrogens with zero attached hydrogens (tertiary/aromatic N) is 1. The molecule has 2 aromatic rings. The van der Waals surface area contributed by atoms with E-state index in [-0.39, 0.29) is 10.6 Å². The monoisotopic (exact) mass is 392 g/mol. The molecule has 8 heteroatoms. The van der Waals surface area contributed by atoms with E-state index in [1.807, 2.05) is 12.1 Å². The van der Waals surface area contributed by atoms with E-state index in [4.69, 9.17) is 9.47 Å². The zero-order chi connectivity index (χ0) is 19.4. The quantitative estimate of drug-likeness (QED) is 0.762. The lowest BCUT2D eigenvalue weighted by Gasteiger charge is -2.31. The zero-order valence-electron chi connectivity index (χ0n) is 15.9. The first kappa shape index (κ1) is 19.3. The van der Waals surface area contributed by atoms with Crippen molar-refractivity contribution >= 4 is 21.4 Å². The number of quaternary nitrogens is 1. The number of anilines is 2. The standard InChI is InChI=1S/C19H25N3O4S/c1-21-10-12-22(13-11-21)16-6-4-15(5-7-16)20-27(23,24)19-14-17(25-2)8-9-18(19)26-3/h4-9,14,20H,10-13H2,1-3H3/p+1. The third-order valence-corrected chi connectivity index (χ3v) is 6.16. The van der Waals surface area contributed by atoms with E-state index in [1.54, 1.807) is 24.3 Å². The van der Waals surface area contributed by atoms with Gasteiger partial charge in [-0.3, -0.25) is 4.72 Å². The van der Waals surface area contributed by atoms with Crippen molar-refractivity contribution in [1.29, 1.82) is 0 Å². The molecule has 0 aromatic heterocycles. The number of benzene rings is 2. The van der Waals surface area contributed by atoms with Crippen molar-refractivity contribution < 1.29 is 22.8 Å². The lowest BCUT2D eigenvalue weighted by Crippen LogP contribution is -3.12. The summed E-state index contributed by atoms with van der Waals surface area (Å²) >= 11 is 0. The van der Waals surface area contributed by atoms with Crippen LogP contribution >= 0.6 is 0 Å². The topological polar surface area (TPSA) is 72.3 Å². The predicted molar refractivity (Wildman–Crippen MR) is 106 cm³/mol. The molecular formula is C19H26N3O4S+. The molecule has 1 saturated heterocycles. The van der Waals surface area contributed by atoms with Crippen LogP contribution in [0.3, 0.4) is 0 Å². The largest absolute Gasteiger partial charge is 0.497 e. The highest BCUT2D eigenvalue weighted by Crippen LogP contribution is 2.30. The molecule has 0 bridgehead atoms. The second kappa shape index (κ2) is 8.06. The molecule has 27 heavy (non-hydrogen) atoms. The summed E-state index contributed by atoms with van der Waals surface area (Å²) in [5.74, 6) is 0.712. The molecule has 0 atom stereocenters. The number of likely N-dealkylation sites (N-methyl/N-ethyl adjacent to an activating group) is 1. The molecule has 1 fully saturated rings. The van der Waals surface area contributed by atoms with Crippen LogP contribution in [0, 0.1) is 0 Å². The van der Waals surface area contributed by atoms with E-state index in [9.17, 15) is 8.42 Å². The minimum absolute atomic E-state index is 0.0375. The van der Waals surface area contributed by atoms with Gasteiger partial charge < -0.3 is 19.3 Å². The Hall–Kier alpha value is -2.45. The highest BCUT2D eigenvalue weighted by Gasteiger charge is 2.21. The Balaban J connectivity index is 1.78. The fraction of sp³-hybridized carbons (Fsp3) is 0.368. The van der Waals surface area contributed by atoms with E-state index < -0.39 is 10.0 Å². The number of methoxy groups -OCH3 is 2. The lowest BCUT2D eigenvalue weighted by atomic mass is 10.2. The molecule has 1 aliphatic heterocycles. The Morgan fingerprint density at radius 3 is 2.26 bits per heavy atom. The van der Waals surface area contributed by atoms with Gasteiger partial charge >= 0.3 is 0 Å². The molecule has 3 rings (SSSR count). The Morgan fingerprint density at radius 2 is 1.67 bits per heavy atom. The molecule has 7 nitrogen and oxygen atoms in total. The summed E-state index contributed by atoms with van der Waals surface area (Å²) in [6, 6.07) is 12.1. The average molecular weight is 393 g/mol. The Morgan fingerprint density at radius 1 is 1.00 bits per heavy atom. The molecule has 0 saturated carbocycles. The van der Waals surface area contributed by atoms with E-state index in [0.29, 0.717) is 11.4 Å². The van der Waals surface area contributed by atoms with E-state index >= 15 is 0 Å². The van der Waals surface area contributed by atoms with Crippen molar-refractivity contribution in [2.45, 2.75) is 4.90 Å². The Bertz CT molecular complexity index is 876. The van der Waals surface area contributed by atoms with Crippen LogP contribution in [0.1, 0.15) is 0 Å². The van der Waals surface area contributed by atoms with Gasteiger partial charge in [0.25, 0.3) is 10.0 Å². The predicted octanol–water partition coefficient (Wildman–Crippen LogP) is 0.839. The average Bonchev–Trinajstić information content (AvgIpc) is 2.68. The molecule has 1 aliphatic rings. The number of hydrogen-bond donors (Lipinski definition) is 2. The van der Waals surface area contributed by atoms with Gasteiger partial charge in [-0.25, -0.2) is 8.42 Å². The van der Waals surface area contributed by atoms with Gasteiger partial charge in [0.15, 0.2) is 0 Å². The van der Waals surface area contributed by atoms with Gasteiger partial charge in [-0.15, -0.1) is 0 Å². The van der Waals surface area contributed by atoms with Gasteiger partial charge in [-0.1, -0.05) is 0 Å². The normalized spacial score (nSPS) is 15.4. The van der Waals surface area contributed by atoms with Crippen molar-refractivity contribution in [2.24, 2.45) is 0 Å². The summed E-state index contributed by atoms with van der Waals surface area (Å²) in [6.07, 6.45) is 0. The van der Waals surface area contributed by atoms with Crippen LogP contribution in [0.25, 0.3) is 0 Å². The molecule has 0 radical (unpaired) electrons. The summed E-state index contributed by atoms with van der Waals surface area (Å²) < 4.78 is 38.6. The van der Waals surface area contributed by atoms with Crippen molar-refractivity contribution in [3.8, 4) is 11.5 Å². The highest BCUT2D eigenvalue weighted by atomic mass is 32.2. The van der Waals surface area contributed by atoms with Gasteiger partial charge in [-0.05, 0) is 36.4 Å². The van der Waals surface area contributed by atoms with E-state index in [0.717, 1.165) is 31.9 Å². The highest BCUT2D eigenvalue weighted by molar-refractivity contribution is 7.92. The maximum absolute atomic E-state index is 12.8. The van der Waals surface area contributed by atoms with Gasteiger partial charge in [0, 0.05) is 17.4 Å². The SMILES string of the molecule is COc1ccc(OC)c(S(=O)(=O)Nc2ccc(N3CC[NH+](C)CC3)cc2)c1. The smallest absolute Gasteiger partial charge is 0.265 e. The molecule has 1 heterocycles. The molecule has 0 unspecified atom stereocenters. The summed E-state index contributed by atoms with van der Waals surface area (Å²) in [4.78, 5) is 3.88. The van der Waals surface area contributed by atoms with Crippen molar-refractivity contribution in [3.63, 3.8) is 0 Å². The van der Waals surface area contributed by atoms with Crippen molar-refractivity contribution in [2.75, 3.05) is 57.1 Å². The van der Waals surface area contributed by atoms with Crippen LogP contribution in [0.2, 0.25) is 0 Å². The number of piperazine rings is 1. The van der Waals surface area contributed by atoms with Gasteiger partial charge in [-0.2, -0.15) is 0 Å². The minimum atomic E-state index is -3.81. The number of sulfonamides is 1. The van der Waals surface area contributed by atoms with Crippen molar-refractivity contribution in [1.82, 2.24) is 0 Å². The fourth-order valence-corrected chi connectivity index (χ4v) is 4.33. The van der Waals surface area contributed by atoms with E-state index in [2.05, 4.69) is 16.7 Å². The summed E-state index contributed by atoms with van der Waals surface area (Å²) in [5.41, 5.74) is 1.60. The van der Waals surface area contributed by atoms with Crippen LogP contribution in [0.4, 0.5) is 11.4 Å². The summed E-state index contributed by atoms with van der Waals surface area (Å²) in [5, 5.41) is 0. The molecule has 2 aromatic carbocycles. The molecular weight excluding hydrogens is 366 g/mol. The number of ether oxygens (including phenoxy) is 2. The van der Waals surface area contributed by atoms with Crippen LogP contribution in [-0.2, 0) is 10.0 Å². The third-order valence-electron chi connectivity index (χ3n) is 4.76. The first-order valence-electron chi connectivity index (χ1n) is 8.84.